The zero-order chi connectivity index (χ0) is 10.2. The van der Waals surface area contributed by atoms with Gasteiger partial charge in [0.05, 0.1) is 6.54 Å². The zero-order valence-corrected chi connectivity index (χ0v) is 8.13. The lowest BCUT2D eigenvalue weighted by Gasteiger charge is -2.18. The Bertz CT molecular complexity index is 336. The van der Waals surface area contributed by atoms with Crippen LogP contribution in [0.3, 0.4) is 0 Å². The van der Waals surface area contributed by atoms with Crippen LogP contribution in [0.15, 0.2) is 24.3 Å². The summed E-state index contributed by atoms with van der Waals surface area (Å²) in [4.78, 5) is 1.74. The second kappa shape index (κ2) is 3.23. The fourth-order valence-electron chi connectivity index (χ4n) is 1.78. The molecular weight excluding hydrogens is 184 g/mol. The predicted molar refractivity (Wildman–Crippen MR) is 53.0 cm³/mol. The summed E-state index contributed by atoms with van der Waals surface area (Å²) >= 11 is 0. The van der Waals surface area contributed by atoms with Crippen LogP contribution in [0.1, 0.15) is 12.0 Å². The number of halogens is 2. The average molecular weight is 197 g/mol. The SMILES string of the molecule is Cc1cccc(N2CCC(F)(F)C2)c1. The van der Waals surface area contributed by atoms with Crippen molar-refractivity contribution >= 4 is 5.69 Å². The predicted octanol–water partition coefficient (Wildman–Crippen LogP) is 2.84. The van der Waals surface area contributed by atoms with E-state index in [0.717, 1.165) is 11.3 Å². The molecule has 0 bridgehead atoms. The van der Waals surface area contributed by atoms with Crippen LogP contribution in [0.2, 0.25) is 0 Å². The molecule has 0 unspecified atom stereocenters. The Labute approximate surface area is 82.3 Å². The number of benzene rings is 1. The lowest BCUT2D eigenvalue weighted by Crippen LogP contribution is -2.24. The molecule has 1 aromatic rings. The Morgan fingerprint density at radius 1 is 1.36 bits per heavy atom. The molecule has 0 atom stereocenters. The molecule has 0 amide bonds. The highest BCUT2D eigenvalue weighted by molar-refractivity contribution is 5.49. The van der Waals surface area contributed by atoms with Crippen molar-refractivity contribution < 1.29 is 8.78 Å². The maximum Gasteiger partial charge on any atom is 0.266 e. The molecule has 0 aliphatic carbocycles. The van der Waals surface area contributed by atoms with Crippen LogP contribution in [0.4, 0.5) is 14.5 Å². The summed E-state index contributed by atoms with van der Waals surface area (Å²) in [5.41, 5.74) is 2.01. The molecule has 1 heterocycles. The van der Waals surface area contributed by atoms with E-state index in [1.165, 1.54) is 0 Å². The number of hydrogen-bond donors (Lipinski definition) is 0. The third-order valence-corrected chi connectivity index (χ3v) is 2.54. The van der Waals surface area contributed by atoms with Gasteiger partial charge in [-0.1, -0.05) is 12.1 Å². The van der Waals surface area contributed by atoms with E-state index in [0.29, 0.717) is 6.54 Å². The van der Waals surface area contributed by atoms with Crippen molar-refractivity contribution in [1.29, 1.82) is 0 Å². The van der Waals surface area contributed by atoms with Crippen LogP contribution in [0, 0.1) is 6.92 Å². The van der Waals surface area contributed by atoms with E-state index in [-0.39, 0.29) is 13.0 Å². The van der Waals surface area contributed by atoms with Gasteiger partial charge >= 0.3 is 0 Å². The second-order valence-electron chi connectivity index (χ2n) is 3.87. The van der Waals surface area contributed by atoms with Crippen molar-refractivity contribution in [2.45, 2.75) is 19.3 Å². The average Bonchev–Trinajstić information content (AvgIpc) is 2.46. The minimum Gasteiger partial charge on any atom is -0.365 e. The van der Waals surface area contributed by atoms with E-state index in [2.05, 4.69) is 0 Å². The van der Waals surface area contributed by atoms with Crippen molar-refractivity contribution in [2.24, 2.45) is 0 Å². The van der Waals surface area contributed by atoms with Gasteiger partial charge in [0.25, 0.3) is 5.92 Å². The maximum atomic E-state index is 12.9. The van der Waals surface area contributed by atoms with Gasteiger partial charge in [0.2, 0.25) is 0 Å². The summed E-state index contributed by atoms with van der Waals surface area (Å²) in [6, 6.07) is 7.70. The molecule has 0 spiro atoms. The number of anilines is 1. The first kappa shape index (κ1) is 9.44. The Kier molecular flexibility index (Phi) is 2.17. The zero-order valence-electron chi connectivity index (χ0n) is 8.13. The van der Waals surface area contributed by atoms with Gasteiger partial charge in [0.1, 0.15) is 0 Å². The Morgan fingerprint density at radius 3 is 2.71 bits per heavy atom. The summed E-state index contributed by atoms with van der Waals surface area (Å²) in [6.07, 6.45) is -0.0268. The molecule has 1 fully saturated rings. The lowest BCUT2D eigenvalue weighted by molar-refractivity contribution is 0.0257. The fraction of sp³-hybridized carbons (Fsp3) is 0.455. The molecule has 3 heteroatoms. The first-order valence-corrected chi connectivity index (χ1v) is 4.76. The normalized spacial score (nSPS) is 20.1. The van der Waals surface area contributed by atoms with Gasteiger partial charge < -0.3 is 4.90 Å². The molecule has 0 saturated carbocycles. The Hall–Kier alpha value is -1.12. The van der Waals surface area contributed by atoms with E-state index < -0.39 is 5.92 Å². The van der Waals surface area contributed by atoms with Crippen LogP contribution in [-0.4, -0.2) is 19.0 Å². The number of alkyl halides is 2. The quantitative estimate of drug-likeness (QED) is 0.669. The first-order valence-electron chi connectivity index (χ1n) is 4.76. The van der Waals surface area contributed by atoms with Gasteiger partial charge in [-0.05, 0) is 24.6 Å². The highest BCUT2D eigenvalue weighted by Gasteiger charge is 2.38. The Balaban J connectivity index is 2.17. The number of rotatable bonds is 1. The number of nitrogens with zero attached hydrogens (tertiary/aromatic N) is 1. The van der Waals surface area contributed by atoms with E-state index in [1.807, 2.05) is 31.2 Å². The third-order valence-electron chi connectivity index (χ3n) is 2.54. The smallest absolute Gasteiger partial charge is 0.266 e. The van der Waals surface area contributed by atoms with Crippen molar-refractivity contribution in [1.82, 2.24) is 0 Å². The first-order chi connectivity index (χ1) is 6.57. The molecule has 0 radical (unpaired) electrons. The summed E-state index contributed by atoms with van der Waals surface area (Å²) < 4.78 is 25.9. The summed E-state index contributed by atoms with van der Waals surface area (Å²) in [6.45, 7) is 2.28. The highest BCUT2D eigenvalue weighted by Crippen LogP contribution is 2.30. The van der Waals surface area contributed by atoms with Crippen molar-refractivity contribution in [2.75, 3.05) is 18.0 Å². The van der Waals surface area contributed by atoms with Gasteiger partial charge in [-0.2, -0.15) is 0 Å². The minimum absolute atomic E-state index is 0.0268. The minimum atomic E-state index is -2.51. The van der Waals surface area contributed by atoms with Crippen LogP contribution in [0.5, 0.6) is 0 Å². The van der Waals surface area contributed by atoms with Gasteiger partial charge in [-0.15, -0.1) is 0 Å². The van der Waals surface area contributed by atoms with Crippen LogP contribution in [-0.2, 0) is 0 Å². The van der Waals surface area contributed by atoms with E-state index in [4.69, 9.17) is 0 Å². The van der Waals surface area contributed by atoms with Crippen LogP contribution < -0.4 is 4.90 Å². The highest BCUT2D eigenvalue weighted by atomic mass is 19.3. The van der Waals surface area contributed by atoms with Crippen molar-refractivity contribution in [3.8, 4) is 0 Å². The molecule has 1 aromatic carbocycles. The van der Waals surface area contributed by atoms with E-state index >= 15 is 0 Å². The summed E-state index contributed by atoms with van der Waals surface area (Å²) in [5, 5.41) is 0. The largest absolute Gasteiger partial charge is 0.365 e. The lowest BCUT2D eigenvalue weighted by atomic mass is 10.2. The molecular formula is C11H13F2N. The van der Waals surface area contributed by atoms with Gasteiger partial charge in [0, 0.05) is 18.7 Å². The van der Waals surface area contributed by atoms with Crippen LogP contribution in [0.25, 0.3) is 0 Å². The topological polar surface area (TPSA) is 3.24 Å². The third kappa shape index (κ3) is 1.86. The number of aryl methyl sites for hydroxylation is 1. The van der Waals surface area contributed by atoms with Crippen molar-refractivity contribution in [3.63, 3.8) is 0 Å². The molecule has 1 aliphatic heterocycles. The summed E-state index contributed by atoms with van der Waals surface area (Å²) in [7, 11) is 0. The Morgan fingerprint density at radius 2 is 2.14 bits per heavy atom. The van der Waals surface area contributed by atoms with Crippen LogP contribution >= 0.6 is 0 Å². The number of hydrogen-bond acceptors (Lipinski definition) is 1. The van der Waals surface area contributed by atoms with Gasteiger partial charge in [-0.25, -0.2) is 8.78 Å². The summed E-state index contributed by atoms with van der Waals surface area (Å²) in [5.74, 6) is -2.51. The molecule has 76 valence electrons. The maximum absolute atomic E-state index is 12.9. The molecule has 0 N–H and O–H groups in total. The van der Waals surface area contributed by atoms with E-state index in [9.17, 15) is 8.78 Å². The van der Waals surface area contributed by atoms with Gasteiger partial charge in [0.15, 0.2) is 0 Å². The molecule has 1 saturated heterocycles. The molecule has 1 nitrogen and oxygen atoms in total. The fourth-order valence-corrected chi connectivity index (χ4v) is 1.78. The van der Waals surface area contributed by atoms with Crippen molar-refractivity contribution in [3.05, 3.63) is 29.8 Å². The molecule has 14 heavy (non-hydrogen) atoms. The van der Waals surface area contributed by atoms with E-state index in [1.54, 1.807) is 4.90 Å². The molecule has 0 aromatic heterocycles. The standard InChI is InChI=1S/C11H13F2N/c1-9-3-2-4-10(7-9)14-6-5-11(12,13)8-14/h2-4,7H,5-6,8H2,1H3. The molecule has 1 aliphatic rings. The monoisotopic (exact) mass is 197 g/mol. The van der Waals surface area contributed by atoms with Gasteiger partial charge in [-0.3, -0.25) is 0 Å². The second-order valence-corrected chi connectivity index (χ2v) is 3.87. The molecule has 2 rings (SSSR count).